The first-order chi connectivity index (χ1) is 11.4. The maximum atomic E-state index is 2.30. The average Bonchev–Trinajstić information content (AvgIpc) is 3.08. The lowest BCUT2D eigenvalue weighted by atomic mass is 10.2. The van der Waals surface area contributed by atoms with Crippen molar-refractivity contribution in [2.75, 3.05) is 78.3 Å². The van der Waals surface area contributed by atoms with Crippen molar-refractivity contribution < 1.29 is 9.15 Å². The third kappa shape index (κ3) is 2.81. The molecular weight excluding hydrogens is 300 g/mol. The minimum atomic E-state index is 1.08. The lowest BCUT2D eigenvalue weighted by Gasteiger charge is -2.20. The summed E-state index contributed by atoms with van der Waals surface area (Å²) in [4.78, 5) is 9.13. The van der Waals surface area contributed by atoms with Gasteiger partial charge in [-0.15, -0.1) is 0 Å². The summed E-state index contributed by atoms with van der Waals surface area (Å²) in [6, 6.07) is 8.81. The van der Waals surface area contributed by atoms with Crippen molar-refractivity contribution in [3.05, 3.63) is 24.3 Å². The zero-order valence-corrected chi connectivity index (χ0v) is 15.8. The Kier molecular flexibility index (Phi) is 4.39. The van der Waals surface area contributed by atoms with Crippen LogP contribution in [0.2, 0.25) is 0 Å². The van der Waals surface area contributed by atoms with Gasteiger partial charge in [0, 0.05) is 0 Å². The molecule has 1 aromatic carbocycles. The Hall–Kier alpha value is -2.24. The van der Waals surface area contributed by atoms with E-state index in [1.807, 2.05) is 0 Å². The number of anilines is 2. The molecule has 0 amide bonds. The molecule has 2 heterocycles. The highest BCUT2D eigenvalue weighted by atomic mass is 15.4. The molecule has 1 aromatic rings. The van der Waals surface area contributed by atoms with Crippen molar-refractivity contribution in [1.29, 1.82) is 0 Å². The van der Waals surface area contributed by atoms with Crippen LogP contribution in [0, 0.1) is 0 Å². The van der Waals surface area contributed by atoms with Crippen molar-refractivity contribution in [1.82, 2.24) is 9.80 Å². The summed E-state index contributed by atoms with van der Waals surface area (Å²) in [5.41, 5.74) is 2.42. The molecule has 6 nitrogen and oxygen atoms in total. The van der Waals surface area contributed by atoms with Crippen molar-refractivity contribution in [3.8, 4) is 0 Å². The van der Waals surface area contributed by atoms with Gasteiger partial charge in [-0.1, -0.05) is 0 Å². The lowest BCUT2D eigenvalue weighted by molar-refractivity contribution is -0.487. The summed E-state index contributed by atoms with van der Waals surface area (Å²) in [5.74, 6) is 2.50. The van der Waals surface area contributed by atoms with E-state index in [2.05, 4.69) is 95.3 Å². The zero-order valence-electron chi connectivity index (χ0n) is 15.8. The first-order valence-electron chi connectivity index (χ1n) is 8.56. The monoisotopic (exact) mass is 330 g/mol. The van der Waals surface area contributed by atoms with E-state index >= 15 is 0 Å². The summed E-state index contributed by atoms with van der Waals surface area (Å²) >= 11 is 0. The van der Waals surface area contributed by atoms with Crippen LogP contribution in [0.1, 0.15) is 0 Å². The van der Waals surface area contributed by atoms with Gasteiger partial charge >= 0.3 is 11.9 Å². The van der Waals surface area contributed by atoms with Crippen LogP contribution in [-0.4, -0.2) is 99.3 Å². The third-order valence-electron chi connectivity index (χ3n) is 5.13. The number of nitrogens with zero attached hydrogens (tertiary/aromatic N) is 6. The van der Waals surface area contributed by atoms with Gasteiger partial charge in [-0.2, -0.15) is 0 Å². The number of hydrogen-bond donors (Lipinski definition) is 0. The quantitative estimate of drug-likeness (QED) is 0.733. The molecule has 0 N–H and O–H groups in total. The molecule has 130 valence electrons. The molecule has 0 spiro atoms. The molecule has 6 heteroatoms. The zero-order chi connectivity index (χ0) is 17.4. The second kappa shape index (κ2) is 6.34. The van der Waals surface area contributed by atoms with Gasteiger partial charge in [0.25, 0.3) is 0 Å². The largest absolute Gasteiger partial charge is 0.355 e. The van der Waals surface area contributed by atoms with Gasteiger partial charge in [0.05, 0.1) is 68.5 Å². The highest BCUT2D eigenvalue weighted by Crippen LogP contribution is 2.22. The molecule has 0 unspecified atom stereocenters. The van der Waals surface area contributed by atoms with Crippen molar-refractivity contribution in [2.24, 2.45) is 0 Å². The number of likely N-dealkylation sites (N-methyl/N-ethyl adjacent to an activating group) is 4. The van der Waals surface area contributed by atoms with Crippen LogP contribution in [0.25, 0.3) is 0 Å². The van der Waals surface area contributed by atoms with E-state index in [9.17, 15) is 0 Å². The summed E-state index contributed by atoms with van der Waals surface area (Å²) < 4.78 is 4.61. The molecule has 0 saturated carbocycles. The number of benzene rings is 1. The molecule has 0 saturated heterocycles. The van der Waals surface area contributed by atoms with Crippen LogP contribution in [0.4, 0.5) is 11.4 Å². The van der Waals surface area contributed by atoms with E-state index in [1.165, 1.54) is 23.3 Å². The van der Waals surface area contributed by atoms with E-state index in [-0.39, 0.29) is 0 Å². The smallest absolute Gasteiger partial charge is 0.264 e. The maximum absolute atomic E-state index is 2.30. The standard InChI is InChI=1S/C18H30N6/c1-19-11-12-20(2)17(19)23(5)15-7-9-16(10-8-15)24(6)18-21(3)13-14-22(18)4/h7-10H,11-14H2,1-6H3/q+2. The molecule has 0 radical (unpaired) electrons. The van der Waals surface area contributed by atoms with Crippen LogP contribution in [0.15, 0.2) is 24.3 Å². The number of hydrogen-bond acceptors (Lipinski definition) is 4. The minimum Gasteiger partial charge on any atom is -0.264 e. The SMILES string of the molecule is CN1CC[N+](C)=C1N(C)c1ccc(N(C)C2=[N+](C)CCN2C)cc1. The van der Waals surface area contributed by atoms with Gasteiger partial charge in [0.2, 0.25) is 0 Å². The van der Waals surface area contributed by atoms with Crippen molar-refractivity contribution >= 4 is 23.3 Å². The normalized spacial score (nSPS) is 18.1. The fourth-order valence-corrected chi connectivity index (χ4v) is 3.74. The second-order valence-electron chi connectivity index (χ2n) is 6.92. The van der Waals surface area contributed by atoms with Crippen LogP contribution in [0.5, 0.6) is 0 Å². The summed E-state index contributed by atoms with van der Waals surface area (Å²) in [7, 11) is 12.9. The molecule has 2 aliphatic rings. The fourth-order valence-electron chi connectivity index (χ4n) is 3.74. The predicted molar refractivity (Wildman–Crippen MR) is 101 cm³/mol. The first-order valence-corrected chi connectivity index (χ1v) is 8.56. The minimum absolute atomic E-state index is 1.08. The van der Waals surface area contributed by atoms with E-state index in [0.717, 1.165) is 26.2 Å². The van der Waals surface area contributed by atoms with Crippen molar-refractivity contribution in [3.63, 3.8) is 0 Å². The van der Waals surface area contributed by atoms with Gasteiger partial charge in [-0.3, -0.25) is 19.0 Å². The molecule has 0 aromatic heterocycles. The Bertz CT molecular complexity index is 616. The Balaban J connectivity index is 1.81. The van der Waals surface area contributed by atoms with Crippen LogP contribution in [0.3, 0.4) is 0 Å². The molecule has 0 aliphatic carbocycles. The molecule has 0 fully saturated rings. The Morgan fingerprint density at radius 2 is 1.08 bits per heavy atom. The number of guanidine groups is 2. The summed E-state index contributed by atoms with van der Waals surface area (Å²) in [6.07, 6.45) is 0. The maximum Gasteiger partial charge on any atom is 0.355 e. The highest BCUT2D eigenvalue weighted by molar-refractivity contribution is 5.94. The fraction of sp³-hybridized carbons (Fsp3) is 0.556. The van der Waals surface area contributed by atoms with Crippen LogP contribution >= 0.6 is 0 Å². The highest BCUT2D eigenvalue weighted by Gasteiger charge is 2.31. The molecule has 0 atom stereocenters. The Labute approximate surface area is 145 Å². The molecule has 0 bridgehead atoms. The molecule has 3 rings (SSSR count). The molecule has 2 aliphatic heterocycles. The second-order valence-corrected chi connectivity index (χ2v) is 6.92. The van der Waals surface area contributed by atoms with E-state index in [4.69, 9.17) is 0 Å². The van der Waals surface area contributed by atoms with E-state index in [1.54, 1.807) is 0 Å². The van der Waals surface area contributed by atoms with E-state index < -0.39 is 0 Å². The van der Waals surface area contributed by atoms with Gasteiger partial charge in [-0.05, 0) is 24.3 Å². The third-order valence-corrected chi connectivity index (χ3v) is 5.13. The van der Waals surface area contributed by atoms with Crippen LogP contribution in [-0.2, 0) is 0 Å². The van der Waals surface area contributed by atoms with Gasteiger partial charge in [0.1, 0.15) is 11.4 Å². The average molecular weight is 330 g/mol. The number of rotatable bonds is 2. The molecular formula is C18H30N6+2. The van der Waals surface area contributed by atoms with E-state index in [0.29, 0.717) is 0 Å². The summed E-state index contributed by atoms with van der Waals surface area (Å²) in [6.45, 7) is 4.31. The first kappa shape index (κ1) is 16.6. The van der Waals surface area contributed by atoms with Gasteiger partial charge < -0.3 is 0 Å². The Morgan fingerprint density at radius 3 is 1.33 bits per heavy atom. The van der Waals surface area contributed by atoms with Crippen molar-refractivity contribution in [2.45, 2.75) is 0 Å². The summed E-state index contributed by atoms with van der Waals surface area (Å²) in [5, 5.41) is 0. The van der Waals surface area contributed by atoms with Gasteiger partial charge in [-0.25, -0.2) is 9.80 Å². The van der Waals surface area contributed by atoms with Gasteiger partial charge in [0.15, 0.2) is 0 Å². The Morgan fingerprint density at radius 1 is 0.750 bits per heavy atom. The predicted octanol–water partition coefficient (Wildman–Crippen LogP) is 0.446. The molecule has 24 heavy (non-hydrogen) atoms. The topological polar surface area (TPSA) is 19.0 Å². The lowest BCUT2D eigenvalue weighted by Crippen LogP contribution is -2.41. The van der Waals surface area contributed by atoms with Crippen LogP contribution < -0.4 is 9.80 Å².